The summed E-state index contributed by atoms with van der Waals surface area (Å²) >= 11 is 6.03. The van der Waals surface area contributed by atoms with E-state index in [1.165, 1.54) is 6.07 Å². The minimum absolute atomic E-state index is 0.0332. The molecular weight excluding hydrogens is 592 g/mol. The van der Waals surface area contributed by atoms with Crippen LogP contribution < -0.4 is 20.5 Å². The van der Waals surface area contributed by atoms with E-state index in [0.717, 1.165) is 41.6 Å². The van der Waals surface area contributed by atoms with Gasteiger partial charge in [0, 0.05) is 44.0 Å². The number of aryl methyl sites for hydroxylation is 2. The summed E-state index contributed by atoms with van der Waals surface area (Å²) in [5.41, 5.74) is 4.04. The van der Waals surface area contributed by atoms with E-state index in [2.05, 4.69) is 25.2 Å². The normalized spacial score (nSPS) is 15.0. The predicted octanol–water partition coefficient (Wildman–Crippen LogP) is 3.64. The number of carbonyl (C=O) groups is 1. The highest BCUT2D eigenvalue weighted by Crippen LogP contribution is 2.32. The van der Waals surface area contributed by atoms with Crippen LogP contribution in [0.1, 0.15) is 64.7 Å². The Morgan fingerprint density at radius 1 is 1.09 bits per heavy atom. The van der Waals surface area contributed by atoms with Crippen molar-refractivity contribution in [2.75, 3.05) is 29.6 Å². The van der Waals surface area contributed by atoms with E-state index in [0.29, 0.717) is 29.9 Å². The van der Waals surface area contributed by atoms with Crippen LogP contribution in [0.15, 0.2) is 41.5 Å². The van der Waals surface area contributed by atoms with Crippen LogP contribution in [0, 0.1) is 13.8 Å². The molecule has 3 aromatic heterocycles. The topological polar surface area (TPSA) is 152 Å². The highest BCUT2D eigenvalue weighted by atomic mass is 35.5. The Balaban J connectivity index is 1.49. The van der Waals surface area contributed by atoms with E-state index in [1.807, 2.05) is 37.6 Å². The van der Waals surface area contributed by atoms with Crippen molar-refractivity contribution in [3.8, 4) is 0 Å². The second-order valence-corrected chi connectivity index (χ2v) is 13.0. The number of nitrogens with zero attached hydrogens (tertiary/aromatic N) is 6. The average molecular weight is 625 g/mol. The summed E-state index contributed by atoms with van der Waals surface area (Å²) in [6.45, 7) is 7.16. The van der Waals surface area contributed by atoms with Crippen molar-refractivity contribution >= 4 is 50.1 Å². The molecule has 1 aliphatic heterocycles. The lowest BCUT2D eigenvalue weighted by Crippen LogP contribution is -2.38. The van der Waals surface area contributed by atoms with Gasteiger partial charge in [-0.15, -0.1) is 0 Å². The van der Waals surface area contributed by atoms with Crippen LogP contribution in [-0.2, 0) is 17.1 Å². The molecule has 0 aliphatic carbocycles. The van der Waals surface area contributed by atoms with Gasteiger partial charge in [-0.25, -0.2) is 23.1 Å². The molecule has 0 unspecified atom stereocenters. The summed E-state index contributed by atoms with van der Waals surface area (Å²) in [6, 6.07) is 6.37. The van der Waals surface area contributed by atoms with Gasteiger partial charge in [0.2, 0.25) is 16.0 Å². The first kappa shape index (κ1) is 30.4. The molecule has 1 fully saturated rings. The standard InChI is InChI=1S/C29H33ClN8O4S/c1-16-14-20(17(2)33-22-6-7-23(30)34-26(22)27(39)36-43(5,41)42)25-21(15-16)28(40)37(4)29(35-25)38-12-8-19(9-13-38)24-18(3)31-10-11-32-24/h6-7,10-11,14-15,17,19,33H,8-9,12-13H2,1-5H3,(H,36,39)/t17-/m1/s1. The molecule has 0 spiro atoms. The molecule has 226 valence electrons. The SMILES string of the molecule is Cc1cc([C@@H](C)Nc2ccc(Cl)nc2C(=O)NS(C)(=O)=O)c2nc(N3CCC(c4nccnc4C)CC3)n(C)c(=O)c2c1. The van der Waals surface area contributed by atoms with Gasteiger partial charge in [0.15, 0.2) is 5.69 Å². The van der Waals surface area contributed by atoms with Crippen molar-refractivity contribution in [2.45, 2.75) is 45.6 Å². The van der Waals surface area contributed by atoms with Gasteiger partial charge in [0.25, 0.3) is 11.5 Å². The Bertz CT molecular complexity index is 1890. The summed E-state index contributed by atoms with van der Waals surface area (Å²) in [6.07, 6.45) is 6.02. The van der Waals surface area contributed by atoms with E-state index >= 15 is 0 Å². The first-order chi connectivity index (χ1) is 20.3. The zero-order valence-corrected chi connectivity index (χ0v) is 26.1. The van der Waals surface area contributed by atoms with Crippen molar-refractivity contribution in [1.82, 2.24) is 29.2 Å². The number of rotatable bonds is 7. The van der Waals surface area contributed by atoms with Gasteiger partial charge >= 0.3 is 0 Å². The van der Waals surface area contributed by atoms with E-state index < -0.39 is 22.0 Å². The molecule has 43 heavy (non-hydrogen) atoms. The summed E-state index contributed by atoms with van der Waals surface area (Å²) in [7, 11) is -2.10. The van der Waals surface area contributed by atoms with Gasteiger partial charge in [-0.05, 0) is 57.4 Å². The molecule has 0 bridgehead atoms. The number of hydrogen-bond donors (Lipinski definition) is 2. The molecule has 1 atom stereocenters. The van der Waals surface area contributed by atoms with Crippen molar-refractivity contribution in [3.63, 3.8) is 0 Å². The molecule has 1 saturated heterocycles. The van der Waals surface area contributed by atoms with Crippen LogP contribution in [0.25, 0.3) is 10.9 Å². The van der Waals surface area contributed by atoms with Crippen molar-refractivity contribution in [3.05, 3.63) is 80.4 Å². The monoisotopic (exact) mass is 624 g/mol. The fourth-order valence-corrected chi connectivity index (χ4v) is 6.16. The number of aromatic nitrogens is 5. The number of nitrogens with one attached hydrogen (secondary N) is 2. The van der Waals surface area contributed by atoms with Crippen LogP contribution in [0.4, 0.5) is 11.6 Å². The van der Waals surface area contributed by atoms with Gasteiger partial charge in [0.1, 0.15) is 5.15 Å². The number of hydrogen-bond acceptors (Lipinski definition) is 10. The number of fused-ring (bicyclic) bond motifs is 1. The summed E-state index contributed by atoms with van der Waals surface area (Å²) in [4.78, 5) is 46.5. The highest BCUT2D eigenvalue weighted by molar-refractivity contribution is 7.89. The second kappa shape index (κ2) is 11.9. The minimum Gasteiger partial charge on any atom is -0.377 e. The lowest BCUT2D eigenvalue weighted by Gasteiger charge is -2.33. The molecule has 0 radical (unpaired) electrons. The van der Waals surface area contributed by atoms with Gasteiger partial charge in [0.05, 0.1) is 40.3 Å². The summed E-state index contributed by atoms with van der Waals surface area (Å²) in [5.74, 6) is -0.0550. The number of amides is 1. The Morgan fingerprint density at radius 3 is 2.47 bits per heavy atom. The third-order valence-electron chi connectivity index (χ3n) is 7.61. The molecular formula is C29H33ClN8O4S. The molecule has 12 nitrogen and oxygen atoms in total. The van der Waals surface area contributed by atoms with E-state index in [9.17, 15) is 18.0 Å². The number of halogens is 1. The number of sulfonamides is 1. The Morgan fingerprint density at radius 2 is 1.79 bits per heavy atom. The van der Waals surface area contributed by atoms with Crippen LogP contribution in [0.5, 0.6) is 0 Å². The molecule has 4 heterocycles. The molecule has 1 aromatic carbocycles. The number of pyridine rings is 1. The molecule has 1 amide bonds. The highest BCUT2D eigenvalue weighted by Gasteiger charge is 2.27. The van der Waals surface area contributed by atoms with Gasteiger partial charge in [-0.2, -0.15) is 0 Å². The molecule has 1 aliphatic rings. The maximum Gasteiger partial charge on any atom is 0.285 e. The fraction of sp³-hybridized carbons (Fsp3) is 0.379. The van der Waals surface area contributed by atoms with Crippen molar-refractivity contribution in [1.29, 1.82) is 0 Å². The number of anilines is 2. The lowest BCUT2D eigenvalue weighted by atomic mass is 9.92. The molecule has 5 rings (SSSR count). The first-order valence-electron chi connectivity index (χ1n) is 13.8. The molecule has 2 N–H and O–H groups in total. The Hall–Kier alpha value is -4.10. The number of piperidine rings is 1. The molecule has 0 saturated carbocycles. The van der Waals surface area contributed by atoms with Crippen LogP contribution >= 0.6 is 11.6 Å². The van der Waals surface area contributed by atoms with Crippen molar-refractivity contribution < 1.29 is 13.2 Å². The smallest absolute Gasteiger partial charge is 0.285 e. The largest absolute Gasteiger partial charge is 0.377 e. The maximum atomic E-state index is 13.6. The average Bonchev–Trinajstić information content (AvgIpc) is 2.95. The van der Waals surface area contributed by atoms with Gasteiger partial charge < -0.3 is 10.2 Å². The summed E-state index contributed by atoms with van der Waals surface area (Å²) < 4.78 is 26.9. The van der Waals surface area contributed by atoms with E-state index in [-0.39, 0.29) is 28.0 Å². The Labute approximate surface area is 254 Å². The van der Waals surface area contributed by atoms with Crippen LogP contribution in [0.3, 0.4) is 0 Å². The first-order valence-corrected chi connectivity index (χ1v) is 16.1. The number of benzene rings is 1. The lowest BCUT2D eigenvalue weighted by molar-refractivity contribution is 0.0977. The fourth-order valence-electron chi connectivity index (χ4n) is 5.58. The minimum atomic E-state index is -3.83. The van der Waals surface area contributed by atoms with Crippen LogP contribution in [0.2, 0.25) is 5.15 Å². The number of carbonyl (C=O) groups excluding carboxylic acids is 1. The quantitative estimate of drug-likeness (QED) is 0.292. The molecule has 14 heteroatoms. The van der Waals surface area contributed by atoms with Gasteiger partial charge in [-0.3, -0.25) is 24.1 Å². The van der Waals surface area contributed by atoms with E-state index in [1.54, 1.807) is 30.1 Å². The summed E-state index contributed by atoms with van der Waals surface area (Å²) in [5, 5.41) is 3.76. The predicted molar refractivity (Wildman–Crippen MR) is 166 cm³/mol. The Kier molecular flexibility index (Phi) is 8.39. The third-order valence-corrected chi connectivity index (χ3v) is 8.37. The van der Waals surface area contributed by atoms with Crippen molar-refractivity contribution in [2.24, 2.45) is 7.05 Å². The van der Waals surface area contributed by atoms with E-state index in [4.69, 9.17) is 16.6 Å². The molecule has 4 aromatic rings. The van der Waals surface area contributed by atoms with Crippen LogP contribution in [-0.4, -0.2) is 58.2 Å². The second-order valence-electron chi connectivity index (χ2n) is 10.9. The zero-order valence-electron chi connectivity index (χ0n) is 24.5. The maximum absolute atomic E-state index is 13.6. The third kappa shape index (κ3) is 6.47. The zero-order chi connectivity index (χ0) is 31.1. The van der Waals surface area contributed by atoms with Gasteiger partial charge in [-0.1, -0.05) is 17.7 Å².